The van der Waals surface area contributed by atoms with Crippen LogP contribution in [0.15, 0.2) is 34.5 Å². The van der Waals surface area contributed by atoms with Crippen LogP contribution in [0.1, 0.15) is 58.4 Å². The molecule has 0 saturated carbocycles. The van der Waals surface area contributed by atoms with E-state index in [-0.39, 0.29) is 30.6 Å². The van der Waals surface area contributed by atoms with E-state index in [1.54, 1.807) is 6.92 Å². The first-order valence-corrected chi connectivity index (χ1v) is 10.2. The lowest BCUT2D eigenvalue weighted by Gasteiger charge is -2.39. The Bertz CT molecular complexity index is 927. The molecule has 0 aromatic heterocycles. The van der Waals surface area contributed by atoms with Crippen LogP contribution >= 0.6 is 0 Å². The topological polar surface area (TPSA) is 74.2 Å². The van der Waals surface area contributed by atoms with Crippen molar-refractivity contribution in [3.8, 4) is 11.5 Å². The Morgan fingerprint density at radius 1 is 1.21 bits per heavy atom. The van der Waals surface area contributed by atoms with E-state index in [0.29, 0.717) is 36.3 Å². The quantitative estimate of drug-likeness (QED) is 0.713. The van der Waals surface area contributed by atoms with Crippen LogP contribution in [-0.4, -0.2) is 30.9 Å². The predicted molar refractivity (Wildman–Crippen MR) is 108 cm³/mol. The number of allylic oxidation sites excluding steroid dienone is 2. The number of ether oxygens (including phenoxy) is 3. The molecule has 2 atom stereocenters. The minimum absolute atomic E-state index is 0.0621. The molecule has 154 valence electrons. The van der Waals surface area contributed by atoms with Crippen molar-refractivity contribution >= 4 is 17.5 Å². The van der Waals surface area contributed by atoms with Crippen molar-refractivity contribution in [1.29, 1.82) is 0 Å². The number of esters is 1. The van der Waals surface area contributed by atoms with Gasteiger partial charge in [0.05, 0.1) is 6.61 Å². The fourth-order valence-corrected chi connectivity index (χ4v) is 4.63. The summed E-state index contributed by atoms with van der Waals surface area (Å²) in [5, 5.41) is 0. The molecule has 0 spiro atoms. The Morgan fingerprint density at radius 2 is 1.97 bits per heavy atom. The van der Waals surface area contributed by atoms with Gasteiger partial charge in [-0.25, -0.2) is 0 Å². The second-order valence-electron chi connectivity index (χ2n) is 8.58. The summed E-state index contributed by atoms with van der Waals surface area (Å²) >= 11 is 0. The van der Waals surface area contributed by atoms with Crippen LogP contribution in [0.3, 0.4) is 0 Å². The number of aliphatic imine (C=N–C) groups is 1. The van der Waals surface area contributed by atoms with Crippen molar-refractivity contribution in [3.63, 3.8) is 0 Å². The minimum Gasteiger partial charge on any atom is -0.465 e. The van der Waals surface area contributed by atoms with Crippen molar-refractivity contribution in [2.24, 2.45) is 16.3 Å². The molecule has 0 fully saturated rings. The van der Waals surface area contributed by atoms with Gasteiger partial charge in [0, 0.05) is 29.3 Å². The van der Waals surface area contributed by atoms with Crippen LogP contribution in [0.2, 0.25) is 0 Å². The molecule has 2 heterocycles. The smallest absolute Gasteiger partial charge is 0.315 e. The summed E-state index contributed by atoms with van der Waals surface area (Å²) < 4.78 is 16.4. The average Bonchev–Trinajstić information content (AvgIpc) is 3.13. The molecule has 4 rings (SSSR count). The molecule has 0 amide bonds. The van der Waals surface area contributed by atoms with Gasteiger partial charge in [-0.1, -0.05) is 26.8 Å². The molecule has 3 aliphatic rings. The number of carbonyl (C=O) groups excluding carboxylic acids is 2. The Hall–Kier alpha value is -2.63. The molecule has 2 aliphatic heterocycles. The summed E-state index contributed by atoms with van der Waals surface area (Å²) in [5.41, 5.74) is 2.95. The Labute approximate surface area is 170 Å². The first-order valence-electron chi connectivity index (χ1n) is 10.2. The Kier molecular flexibility index (Phi) is 4.97. The molecule has 1 unspecified atom stereocenters. The zero-order chi connectivity index (χ0) is 20.8. The summed E-state index contributed by atoms with van der Waals surface area (Å²) in [4.78, 5) is 31.1. The van der Waals surface area contributed by atoms with Gasteiger partial charge in [-0.15, -0.1) is 0 Å². The highest BCUT2D eigenvalue weighted by atomic mass is 16.7. The standard InChI is InChI=1S/C23H27NO5/c1-5-14-21(22(26)27-6-2)19(13-7-8-17-18(9-13)29-12-28-17)20-15(24-14)10-23(3,4)11-16(20)25/h7-9,19,21H,5-6,10-12H2,1-4H3/t19-,21?/m0/s1. The number of hydrogen-bond donors (Lipinski definition) is 0. The van der Waals surface area contributed by atoms with E-state index in [1.807, 2.05) is 25.1 Å². The summed E-state index contributed by atoms with van der Waals surface area (Å²) in [6.07, 6.45) is 1.78. The third-order valence-electron chi connectivity index (χ3n) is 5.84. The Balaban J connectivity index is 1.88. The summed E-state index contributed by atoms with van der Waals surface area (Å²) in [7, 11) is 0. The maximum Gasteiger partial charge on any atom is 0.315 e. The third-order valence-corrected chi connectivity index (χ3v) is 5.84. The Morgan fingerprint density at radius 3 is 2.69 bits per heavy atom. The van der Waals surface area contributed by atoms with Crippen molar-refractivity contribution in [2.45, 2.75) is 52.9 Å². The molecule has 0 bridgehead atoms. The number of nitrogens with zero attached hydrogens (tertiary/aromatic N) is 1. The number of hydrogen-bond acceptors (Lipinski definition) is 6. The van der Waals surface area contributed by atoms with Gasteiger partial charge in [0.25, 0.3) is 0 Å². The zero-order valence-electron chi connectivity index (χ0n) is 17.4. The number of carbonyl (C=O) groups is 2. The SMILES string of the molecule is CCOC(=O)C1C(CC)=NC2=C(C(=O)CC(C)(C)C2)[C@@H]1c1ccc2c(c1)OCO2. The number of fused-ring (bicyclic) bond motifs is 1. The highest BCUT2D eigenvalue weighted by Gasteiger charge is 2.46. The van der Waals surface area contributed by atoms with Gasteiger partial charge >= 0.3 is 5.97 Å². The van der Waals surface area contributed by atoms with Gasteiger partial charge in [0.15, 0.2) is 17.3 Å². The van der Waals surface area contributed by atoms with Crippen LogP contribution in [0.4, 0.5) is 0 Å². The van der Waals surface area contributed by atoms with E-state index in [1.165, 1.54) is 0 Å². The first kappa shape index (κ1) is 19.7. The molecule has 0 saturated heterocycles. The molecular formula is C23H27NO5. The predicted octanol–water partition coefficient (Wildman–Crippen LogP) is 4.19. The number of rotatable bonds is 4. The van der Waals surface area contributed by atoms with Crippen molar-refractivity contribution in [3.05, 3.63) is 35.0 Å². The van der Waals surface area contributed by atoms with E-state index < -0.39 is 11.8 Å². The lowest BCUT2D eigenvalue weighted by atomic mass is 9.66. The third kappa shape index (κ3) is 3.45. The molecule has 6 heteroatoms. The average molecular weight is 397 g/mol. The summed E-state index contributed by atoms with van der Waals surface area (Å²) in [6.45, 7) is 8.41. The lowest BCUT2D eigenvalue weighted by Crippen LogP contribution is -2.40. The van der Waals surface area contributed by atoms with Crippen molar-refractivity contribution in [2.75, 3.05) is 13.4 Å². The van der Waals surface area contributed by atoms with Crippen molar-refractivity contribution in [1.82, 2.24) is 0 Å². The van der Waals surface area contributed by atoms with Gasteiger partial charge in [0.2, 0.25) is 6.79 Å². The zero-order valence-corrected chi connectivity index (χ0v) is 17.4. The molecule has 1 aromatic rings. The molecule has 1 aliphatic carbocycles. The highest BCUT2D eigenvalue weighted by Crippen LogP contribution is 2.49. The van der Waals surface area contributed by atoms with E-state index in [9.17, 15) is 9.59 Å². The molecule has 0 N–H and O–H groups in total. The van der Waals surface area contributed by atoms with E-state index in [2.05, 4.69) is 13.8 Å². The van der Waals surface area contributed by atoms with E-state index >= 15 is 0 Å². The fourth-order valence-electron chi connectivity index (χ4n) is 4.63. The van der Waals surface area contributed by atoms with Crippen LogP contribution < -0.4 is 9.47 Å². The number of Topliss-reactive ketones (excluding diaryl/α,β-unsaturated/α-hetero) is 1. The van der Waals surface area contributed by atoms with Gasteiger partial charge in [-0.2, -0.15) is 0 Å². The largest absolute Gasteiger partial charge is 0.465 e. The minimum atomic E-state index is -0.607. The van der Waals surface area contributed by atoms with Gasteiger partial charge in [-0.3, -0.25) is 14.6 Å². The maximum absolute atomic E-state index is 13.2. The number of ketones is 1. The van der Waals surface area contributed by atoms with Crippen molar-refractivity contribution < 1.29 is 23.8 Å². The highest BCUT2D eigenvalue weighted by molar-refractivity contribution is 6.09. The monoisotopic (exact) mass is 397 g/mol. The van der Waals surface area contributed by atoms with Gasteiger partial charge < -0.3 is 14.2 Å². The van der Waals surface area contributed by atoms with Crippen LogP contribution in [-0.2, 0) is 14.3 Å². The normalized spacial score (nSPS) is 24.8. The van der Waals surface area contributed by atoms with Crippen LogP contribution in [0.25, 0.3) is 0 Å². The van der Waals surface area contributed by atoms with Gasteiger partial charge in [0.1, 0.15) is 5.92 Å². The molecule has 0 radical (unpaired) electrons. The second kappa shape index (κ2) is 7.32. The van der Waals surface area contributed by atoms with Crippen LogP contribution in [0.5, 0.6) is 11.5 Å². The fraction of sp³-hybridized carbons (Fsp3) is 0.522. The summed E-state index contributed by atoms with van der Waals surface area (Å²) in [5.74, 6) is 0.00856. The molecule has 1 aromatic carbocycles. The van der Waals surface area contributed by atoms with E-state index in [4.69, 9.17) is 19.2 Å². The molecule has 6 nitrogen and oxygen atoms in total. The maximum atomic E-state index is 13.2. The summed E-state index contributed by atoms with van der Waals surface area (Å²) in [6, 6.07) is 5.64. The van der Waals surface area contributed by atoms with Gasteiger partial charge in [-0.05, 0) is 42.9 Å². The molecular weight excluding hydrogens is 370 g/mol. The first-order chi connectivity index (χ1) is 13.8. The molecule has 29 heavy (non-hydrogen) atoms. The van der Waals surface area contributed by atoms with Crippen LogP contribution in [0, 0.1) is 11.3 Å². The lowest BCUT2D eigenvalue weighted by molar-refractivity contribution is -0.146. The number of benzene rings is 1. The van der Waals surface area contributed by atoms with E-state index in [0.717, 1.165) is 17.0 Å². The second-order valence-corrected chi connectivity index (χ2v) is 8.58.